The second-order valence-corrected chi connectivity index (χ2v) is 3.27. The van der Waals surface area contributed by atoms with Crippen molar-refractivity contribution in [1.29, 1.82) is 5.26 Å². The van der Waals surface area contributed by atoms with Crippen LogP contribution < -0.4 is 10.1 Å². The number of hydrogen-bond donors (Lipinski definition) is 1. The van der Waals surface area contributed by atoms with Crippen LogP contribution in [0.2, 0.25) is 0 Å². The Morgan fingerprint density at radius 3 is 2.88 bits per heavy atom. The Bertz CT molecular complexity index is 572. The summed E-state index contributed by atoms with van der Waals surface area (Å²) in [6, 6.07) is 9.43. The van der Waals surface area contributed by atoms with Crippen LogP contribution in [0.3, 0.4) is 0 Å². The number of aromatic nitrogens is 1. The summed E-state index contributed by atoms with van der Waals surface area (Å²) >= 11 is 0. The van der Waals surface area contributed by atoms with Crippen LogP contribution in [0.4, 0.5) is 5.82 Å². The minimum Gasteiger partial charge on any atom is -0.494 e. The number of ether oxygens (including phenoxy) is 1. The summed E-state index contributed by atoms with van der Waals surface area (Å²) in [5.74, 6) is 1.33. The van der Waals surface area contributed by atoms with Crippen molar-refractivity contribution in [3.8, 4) is 11.8 Å². The maximum absolute atomic E-state index is 9.07. The average Bonchev–Trinajstić information content (AvgIpc) is 2.36. The Balaban J connectivity index is 2.85. The van der Waals surface area contributed by atoms with E-state index >= 15 is 0 Å². The third-order valence-electron chi connectivity index (χ3n) is 2.40. The molecule has 2 rings (SSSR count). The molecule has 1 aromatic carbocycles. The molecule has 0 bridgehead atoms. The molecule has 0 radical (unpaired) electrons. The highest BCUT2D eigenvalue weighted by Gasteiger charge is 2.08. The van der Waals surface area contributed by atoms with Crippen LogP contribution in [0.5, 0.6) is 5.75 Å². The van der Waals surface area contributed by atoms with E-state index in [4.69, 9.17) is 10.00 Å². The van der Waals surface area contributed by atoms with Crippen molar-refractivity contribution in [2.45, 2.75) is 0 Å². The molecule has 1 N–H and O–H groups in total. The molecule has 0 fully saturated rings. The quantitative estimate of drug-likeness (QED) is 0.830. The summed E-state index contributed by atoms with van der Waals surface area (Å²) in [4.78, 5) is 4.39. The van der Waals surface area contributed by atoms with E-state index in [1.165, 1.54) is 0 Å². The first-order chi connectivity index (χ1) is 7.80. The first-order valence-electron chi connectivity index (χ1n) is 4.85. The SMILES string of the molecule is CNc1cc(C#N)c2cccc(OC)c2n1. The normalized spacial score (nSPS) is 9.81. The molecule has 0 saturated carbocycles. The van der Waals surface area contributed by atoms with E-state index in [1.54, 1.807) is 20.2 Å². The Morgan fingerprint density at radius 1 is 1.44 bits per heavy atom. The molecular formula is C12H11N3O. The van der Waals surface area contributed by atoms with Crippen LogP contribution in [0.25, 0.3) is 10.9 Å². The highest BCUT2D eigenvalue weighted by Crippen LogP contribution is 2.27. The number of anilines is 1. The van der Waals surface area contributed by atoms with Crippen molar-refractivity contribution >= 4 is 16.7 Å². The number of fused-ring (bicyclic) bond motifs is 1. The van der Waals surface area contributed by atoms with Gasteiger partial charge >= 0.3 is 0 Å². The topological polar surface area (TPSA) is 57.9 Å². The van der Waals surface area contributed by atoms with Gasteiger partial charge in [-0.3, -0.25) is 0 Å². The lowest BCUT2D eigenvalue weighted by molar-refractivity contribution is 0.419. The molecule has 0 aliphatic carbocycles. The van der Waals surface area contributed by atoms with Crippen molar-refractivity contribution < 1.29 is 4.74 Å². The lowest BCUT2D eigenvalue weighted by Crippen LogP contribution is -1.96. The van der Waals surface area contributed by atoms with E-state index in [9.17, 15) is 0 Å². The summed E-state index contributed by atoms with van der Waals surface area (Å²) in [7, 11) is 3.36. The second kappa shape index (κ2) is 4.07. The summed E-state index contributed by atoms with van der Waals surface area (Å²) in [5, 5.41) is 12.8. The predicted octanol–water partition coefficient (Wildman–Crippen LogP) is 2.16. The van der Waals surface area contributed by atoms with Crippen LogP contribution in [-0.4, -0.2) is 19.1 Å². The molecule has 0 aliphatic rings. The molecule has 1 aromatic heterocycles. The summed E-state index contributed by atoms with van der Waals surface area (Å²) < 4.78 is 5.23. The number of methoxy groups -OCH3 is 1. The minimum absolute atomic E-state index is 0.591. The van der Waals surface area contributed by atoms with Gasteiger partial charge in [-0.2, -0.15) is 5.26 Å². The van der Waals surface area contributed by atoms with Crippen LogP contribution >= 0.6 is 0 Å². The standard InChI is InChI=1S/C12H11N3O/c1-14-11-6-8(7-13)9-4-3-5-10(16-2)12(9)15-11/h3-6H,1-2H3,(H,14,15). The number of pyridine rings is 1. The monoisotopic (exact) mass is 213 g/mol. The molecule has 4 heteroatoms. The van der Waals surface area contributed by atoms with Gasteiger partial charge in [0.2, 0.25) is 0 Å². The summed E-state index contributed by atoms with van der Waals surface area (Å²) in [6.45, 7) is 0. The maximum Gasteiger partial charge on any atom is 0.145 e. The van der Waals surface area contributed by atoms with E-state index in [0.29, 0.717) is 22.6 Å². The number of nitrogens with one attached hydrogen (secondary N) is 1. The molecule has 0 unspecified atom stereocenters. The Morgan fingerprint density at radius 2 is 2.25 bits per heavy atom. The first-order valence-corrected chi connectivity index (χ1v) is 4.85. The van der Waals surface area contributed by atoms with Gasteiger partial charge in [-0.05, 0) is 12.1 Å². The molecule has 2 aromatic rings. The lowest BCUT2D eigenvalue weighted by Gasteiger charge is -2.07. The van der Waals surface area contributed by atoms with Crippen LogP contribution in [0.1, 0.15) is 5.56 Å². The summed E-state index contributed by atoms with van der Waals surface area (Å²) in [6.07, 6.45) is 0. The zero-order valence-corrected chi connectivity index (χ0v) is 9.11. The largest absolute Gasteiger partial charge is 0.494 e. The summed E-state index contributed by atoms with van der Waals surface area (Å²) in [5.41, 5.74) is 1.29. The molecule has 80 valence electrons. The van der Waals surface area contributed by atoms with Gasteiger partial charge in [0.25, 0.3) is 0 Å². The van der Waals surface area contributed by atoms with Crippen molar-refractivity contribution in [3.63, 3.8) is 0 Å². The molecule has 0 atom stereocenters. The van der Waals surface area contributed by atoms with Gasteiger partial charge in [-0.15, -0.1) is 0 Å². The fourth-order valence-electron chi connectivity index (χ4n) is 1.61. The minimum atomic E-state index is 0.591. The van der Waals surface area contributed by atoms with Crippen molar-refractivity contribution in [3.05, 3.63) is 29.8 Å². The highest BCUT2D eigenvalue weighted by atomic mass is 16.5. The zero-order valence-electron chi connectivity index (χ0n) is 9.11. The van der Waals surface area contributed by atoms with E-state index in [1.807, 2.05) is 18.2 Å². The smallest absolute Gasteiger partial charge is 0.145 e. The van der Waals surface area contributed by atoms with Crippen molar-refractivity contribution in [2.75, 3.05) is 19.5 Å². The molecule has 4 nitrogen and oxygen atoms in total. The molecule has 0 saturated heterocycles. The fourth-order valence-corrected chi connectivity index (χ4v) is 1.61. The van der Waals surface area contributed by atoms with Gasteiger partial charge in [-0.25, -0.2) is 4.98 Å². The van der Waals surface area contributed by atoms with Gasteiger partial charge in [0, 0.05) is 12.4 Å². The number of nitriles is 1. The molecule has 0 aliphatic heterocycles. The third-order valence-corrected chi connectivity index (χ3v) is 2.40. The second-order valence-electron chi connectivity index (χ2n) is 3.27. The number of hydrogen-bond acceptors (Lipinski definition) is 4. The van der Waals surface area contributed by atoms with Crippen molar-refractivity contribution in [1.82, 2.24) is 4.98 Å². The number of nitrogens with zero attached hydrogens (tertiary/aromatic N) is 2. The van der Waals surface area contributed by atoms with E-state index < -0.39 is 0 Å². The number of para-hydroxylation sites is 1. The van der Waals surface area contributed by atoms with Gasteiger partial charge in [0.15, 0.2) is 0 Å². The zero-order chi connectivity index (χ0) is 11.5. The van der Waals surface area contributed by atoms with E-state index in [0.717, 1.165) is 5.39 Å². The first kappa shape index (κ1) is 10.2. The number of rotatable bonds is 2. The van der Waals surface area contributed by atoms with Gasteiger partial charge in [0.05, 0.1) is 18.7 Å². The van der Waals surface area contributed by atoms with E-state index in [2.05, 4.69) is 16.4 Å². The maximum atomic E-state index is 9.07. The molecule has 0 amide bonds. The molecular weight excluding hydrogens is 202 g/mol. The van der Waals surface area contributed by atoms with Crippen LogP contribution in [0.15, 0.2) is 24.3 Å². The highest BCUT2D eigenvalue weighted by molar-refractivity contribution is 5.90. The average molecular weight is 213 g/mol. The Kier molecular flexibility index (Phi) is 2.61. The molecule has 1 heterocycles. The lowest BCUT2D eigenvalue weighted by atomic mass is 10.1. The van der Waals surface area contributed by atoms with Gasteiger partial charge in [0.1, 0.15) is 17.1 Å². The Hall–Kier alpha value is -2.28. The number of benzene rings is 1. The molecule has 16 heavy (non-hydrogen) atoms. The fraction of sp³-hybridized carbons (Fsp3) is 0.167. The molecule has 0 spiro atoms. The Labute approximate surface area is 93.5 Å². The third kappa shape index (κ3) is 1.52. The van der Waals surface area contributed by atoms with Gasteiger partial charge < -0.3 is 10.1 Å². The predicted molar refractivity (Wildman–Crippen MR) is 62.6 cm³/mol. The van der Waals surface area contributed by atoms with Crippen LogP contribution in [-0.2, 0) is 0 Å². The van der Waals surface area contributed by atoms with Gasteiger partial charge in [-0.1, -0.05) is 12.1 Å². The van der Waals surface area contributed by atoms with Crippen molar-refractivity contribution in [2.24, 2.45) is 0 Å². The van der Waals surface area contributed by atoms with E-state index in [-0.39, 0.29) is 0 Å². The van der Waals surface area contributed by atoms with Crippen LogP contribution in [0, 0.1) is 11.3 Å².